The SMILES string of the molecule is O=[N+]([O-])C1(Cl)C=CC(C(F)(F)F)=CC1. The first-order valence-electron chi connectivity index (χ1n) is 3.56. The molecule has 0 saturated carbocycles. The highest BCUT2D eigenvalue weighted by atomic mass is 35.5. The van der Waals surface area contributed by atoms with E-state index in [4.69, 9.17) is 11.6 Å². The summed E-state index contributed by atoms with van der Waals surface area (Å²) in [7, 11) is 0. The topological polar surface area (TPSA) is 43.1 Å². The minimum Gasteiger partial charge on any atom is -0.262 e. The summed E-state index contributed by atoms with van der Waals surface area (Å²) >= 11 is 5.43. The van der Waals surface area contributed by atoms with Gasteiger partial charge >= 0.3 is 11.2 Å². The molecule has 1 atom stereocenters. The number of alkyl halides is 4. The average Bonchev–Trinajstić information content (AvgIpc) is 2.03. The van der Waals surface area contributed by atoms with Crippen molar-refractivity contribution in [1.29, 1.82) is 0 Å². The average molecular weight is 228 g/mol. The molecule has 0 heterocycles. The summed E-state index contributed by atoms with van der Waals surface area (Å²) in [5, 5.41) is 10.3. The lowest BCUT2D eigenvalue weighted by Gasteiger charge is -2.18. The van der Waals surface area contributed by atoms with Gasteiger partial charge < -0.3 is 0 Å². The maximum Gasteiger partial charge on any atom is 0.416 e. The van der Waals surface area contributed by atoms with Crippen molar-refractivity contribution in [2.75, 3.05) is 0 Å². The quantitative estimate of drug-likeness (QED) is 0.299. The summed E-state index contributed by atoms with van der Waals surface area (Å²) in [5.74, 6) is 0. The fraction of sp³-hybridized carbons (Fsp3) is 0.429. The third-order valence-corrected chi connectivity index (χ3v) is 2.18. The predicted octanol–water partition coefficient (Wildman–Crippen LogP) is 2.65. The Morgan fingerprint density at radius 2 is 2.14 bits per heavy atom. The molecule has 7 heteroatoms. The predicted molar refractivity (Wildman–Crippen MR) is 43.5 cm³/mol. The summed E-state index contributed by atoms with van der Waals surface area (Å²) in [6.45, 7) is 0. The van der Waals surface area contributed by atoms with E-state index in [1.54, 1.807) is 0 Å². The molecule has 0 aliphatic heterocycles. The third kappa shape index (κ3) is 2.06. The zero-order valence-corrected chi connectivity index (χ0v) is 7.47. The highest BCUT2D eigenvalue weighted by molar-refractivity contribution is 6.24. The number of nitro groups is 1. The second kappa shape index (κ2) is 3.27. The van der Waals surface area contributed by atoms with Crippen LogP contribution in [0.3, 0.4) is 0 Å². The van der Waals surface area contributed by atoms with Crippen LogP contribution in [-0.2, 0) is 0 Å². The molecule has 0 aromatic heterocycles. The van der Waals surface area contributed by atoms with Crippen molar-refractivity contribution < 1.29 is 18.1 Å². The Morgan fingerprint density at radius 3 is 2.43 bits per heavy atom. The van der Waals surface area contributed by atoms with Crippen LogP contribution in [0.25, 0.3) is 0 Å². The fourth-order valence-electron chi connectivity index (χ4n) is 0.952. The Labute approximate surface area is 82.0 Å². The van der Waals surface area contributed by atoms with Crippen LogP contribution < -0.4 is 0 Å². The van der Waals surface area contributed by atoms with Gasteiger partial charge in [0.2, 0.25) is 0 Å². The molecule has 0 aromatic rings. The van der Waals surface area contributed by atoms with Gasteiger partial charge in [-0.05, 0) is 17.7 Å². The second-order valence-electron chi connectivity index (χ2n) is 2.77. The standard InChI is InChI=1S/C7H5ClF3NO2/c8-6(12(13)14)3-1-5(2-4-6)7(9,10)11/h1-3H,4H2. The van der Waals surface area contributed by atoms with E-state index in [0.717, 1.165) is 12.2 Å². The largest absolute Gasteiger partial charge is 0.416 e. The van der Waals surface area contributed by atoms with Crippen LogP contribution in [-0.4, -0.2) is 16.1 Å². The van der Waals surface area contributed by atoms with Gasteiger partial charge in [-0.15, -0.1) is 0 Å². The molecule has 0 aromatic carbocycles. The summed E-state index contributed by atoms with van der Waals surface area (Å²) in [6.07, 6.45) is -2.86. The van der Waals surface area contributed by atoms with E-state index < -0.39 is 28.1 Å². The van der Waals surface area contributed by atoms with Crippen LogP contribution in [0.2, 0.25) is 0 Å². The van der Waals surface area contributed by atoms with Crippen molar-refractivity contribution in [2.45, 2.75) is 17.6 Å². The van der Waals surface area contributed by atoms with Crippen LogP contribution in [0.1, 0.15) is 6.42 Å². The summed E-state index contributed by atoms with van der Waals surface area (Å²) in [4.78, 5) is 7.58. The monoisotopic (exact) mass is 227 g/mol. The van der Waals surface area contributed by atoms with Crippen molar-refractivity contribution in [3.05, 3.63) is 33.9 Å². The Balaban J connectivity index is 2.86. The molecule has 14 heavy (non-hydrogen) atoms. The zero-order chi connectivity index (χ0) is 11.0. The van der Waals surface area contributed by atoms with Crippen molar-refractivity contribution in [1.82, 2.24) is 0 Å². The van der Waals surface area contributed by atoms with Crippen molar-refractivity contribution >= 4 is 11.6 Å². The lowest BCUT2D eigenvalue weighted by Crippen LogP contribution is -2.31. The smallest absolute Gasteiger partial charge is 0.262 e. The van der Waals surface area contributed by atoms with Crippen LogP contribution in [0.15, 0.2) is 23.8 Å². The molecule has 1 unspecified atom stereocenters. The molecule has 0 bridgehead atoms. The normalized spacial score (nSPS) is 27.3. The molecule has 3 nitrogen and oxygen atoms in total. The van der Waals surface area contributed by atoms with E-state index >= 15 is 0 Å². The fourth-order valence-corrected chi connectivity index (χ4v) is 1.09. The molecule has 1 aliphatic rings. The lowest BCUT2D eigenvalue weighted by molar-refractivity contribution is -0.527. The van der Waals surface area contributed by atoms with Gasteiger partial charge in [-0.3, -0.25) is 10.1 Å². The zero-order valence-electron chi connectivity index (χ0n) is 6.71. The van der Waals surface area contributed by atoms with E-state index in [-0.39, 0.29) is 0 Å². The number of halogens is 4. The van der Waals surface area contributed by atoms with E-state index in [9.17, 15) is 23.3 Å². The Bertz CT molecular complexity index is 323. The number of hydrogen-bond donors (Lipinski definition) is 0. The van der Waals surface area contributed by atoms with E-state index in [2.05, 4.69) is 0 Å². The van der Waals surface area contributed by atoms with Crippen molar-refractivity contribution in [3.8, 4) is 0 Å². The highest BCUT2D eigenvalue weighted by Crippen LogP contribution is 2.35. The molecule has 0 radical (unpaired) electrons. The molecule has 0 saturated heterocycles. The first kappa shape index (κ1) is 11.0. The van der Waals surface area contributed by atoms with Gasteiger partial charge in [-0.25, -0.2) is 0 Å². The van der Waals surface area contributed by atoms with Crippen molar-refractivity contribution in [3.63, 3.8) is 0 Å². The molecule has 1 aliphatic carbocycles. The molecule has 0 fully saturated rings. The second-order valence-corrected chi connectivity index (χ2v) is 3.42. The van der Waals surface area contributed by atoms with Gasteiger partial charge in [0, 0.05) is 11.0 Å². The van der Waals surface area contributed by atoms with E-state index in [0.29, 0.717) is 6.08 Å². The minimum absolute atomic E-state index is 0.465. The highest BCUT2D eigenvalue weighted by Gasteiger charge is 2.42. The van der Waals surface area contributed by atoms with Crippen LogP contribution in [0.4, 0.5) is 13.2 Å². The maximum atomic E-state index is 12.1. The molecule has 1 rings (SSSR count). The van der Waals surface area contributed by atoms with Crippen LogP contribution in [0.5, 0.6) is 0 Å². The van der Waals surface area contributed by atoms with Gasteiger partial charge in [-0.2, -0.15) is 13.2 Å². The Hall–Kier alpha value is -1.04. The van der Waals surface area contributed by atoms with Gasteiger partial charge in [0.05, 0.1) is 12.0 Å². The van der Waals surface area contributed by atoms with E-state index in [1.807, 2.05) is 0 Å². The van der Waals surface area contributed by atoms with E-state index in [1.165, 1.54) is 0 Å². The van der Waals surface area contributed by atoms with Gasteiger partial charge in [0.1, 0.15) is 0 Å². The molecule has 78 valence electrons. The molecule has 0 spiro atoms. The van der Waals surface area contributed by atoms with Gasteiger partial charge in [0.25, 0.3) is 0 Å². The summed E-state index contributed by atoms with van der Waals surface area (Å²) < 4.78 is 36.2. The third-order valence-electron chi connectivity index (χ3n) is 1.76. The summed E-state index contributed by atoms with van der Waals surface area (Å²) in [5.41, 5.74) is -0.907. The number of hydrogen-bond acceptors (Lipinski definition) is 2. The van der Waals surface area contributed by atoms with Gasteiger partial charge in [0.15, 0.2) is 0 Å². The first-order chi connectivity index (χ1) is 6.26. The Morgan fingerprint density at radius 1 is 1.57 bits per heavy atom. The van der Waals surface area contributed by atoms with Crippen molar-refractivity contribution in [2.24, 2.45) is 0 Å². The molecular weight excluding hydrogens is 223 g/mol. The maximum absolute atomic E-state index is 12.1. The minimum atomic E-state index is -4.48. The number of rotatable bonds is 1. The van der Waals surface area contributed by atoms with Gasteiger partial charge in [-0.1, -0.05) is 6.08 Å². The lowest BCUT2D eigenvalue weighted by atomic mass is 10.0. The first-order valence-corrected chi connectivity index (χ1v) is 3.93. The molecule has 0 amide bonds. The Kier molecular flexibility index (Phi) is 2.58. The number of nitrogens with zero attached hydrogens (tertiary/aromatic N) is 1. The number of allylic oxidation sites excluding steroid dienone is 2. The summed E-state index contributed by atoms with van der Waals surface area (Å²) in [6, 6.07) is 0. The van der Waals surface area contributed by atoms with Crippen LogP contribution >= 0.6 is 11.6 Å². The van der Waals surface area contributed by atoms with Crippen LogP contribution in [0, 0.1) is 10.1 Å². The molecular formula is C7H5ClF3NO2. The molecule has 0 N–H and O–H groups in total.